The third kappa shape index (κ3) is 4.02. The number of carbonyl (C=O) groups is 2. The summed E-state index contributed by atoms with van der Waals surface area (Å²) in [5.74, 6) is -2.42. The number of sulfonamides is 1. The van der Waals surface area contributed by atoms with Crippen LogP contribution >= 0.6 is 11.3 Å². The van der Waals surface area contributed by atoms with Gasteiger partial charge in [-0.25, -0.2) is 12.8 Å². The first-order valence-corrected chi connectivity index (χ1v) is 10.6. The van der Waals surface area contributed by atoms with E-state index in [0.717, 1.165) is 42.7 Å². The Morgan fingerprint density at radius 1 is 1.15 bits per heavy atom. The van der Waals surface area contributed by atoms with Crippen molar-refractivity contribution in [3.05, 3.63) is 45.9 Å². The summed E-state index contributed by atoms with van der Waals surface area (Å²) in [6, 6.07) is 4.80. The lowest BCUT2D eigenvalue weighted by Gasteiger charge is -2.25. The van der Waals surface area contributed by atoms with Crippen molar-refractivity contribution in [2.24, 2.45) is 5.73 Å². The van der Waals surface area contributed by atoms with Gasteiger partial charge in [-0.15, -0.1) is 11.3 Å². The molecule has 1 aromatic heterocycles. The van der Waals surface area contributed by atoms with E-state index in [1.807, 2.05) is 0 Å². The molecule has 1 aromatic carbocycles. The molecule has 0 aliphatic carbocycles. The van der Waals surface area contributed by atoms with E-state index < -0.39 is 27.7 Å². The first-order chi connectivity index (χ1) is 12.8. The van der Waals surface area contributed by atoms with Gasteiger partial charge in [-0.3, -0.25) is 9.59 Å². The number of rotatable bonds is 5. The molecule has 1 aliphatic rings. The van der Waals surface area contributed by atoms with E-state index in [-0.39, 0.29) is 21.0 Å². The molecule has 10 heteroatoms. The number of nitrogens with zero attached hydrogens (tertiary/aromatic N) is 1. The molecule has 0 atom stereocenters. The fourth-order valence-corrected chi connectivity index (χ4v) is 5.70. The molecule has 27 heavy (non-hydrogen) atoms. The zero-order valence-corrected chi connectivity index (χ0v) is 15.9. The second kappa shape index (κ2) is 7.75. The summed E-state index contributed by atoms with van der Waals surface area (Å²) in [5, 5.41) is 4.03. The number of anilines is 1. The summed E-state index contributed by atoms with van der Waals surface area (Å²) >= 11 is 0.998. The minimum atomic E-state index is -3.77. The Kier molecular flexibility index (Phi) is 5.59. The number of nitrogens with two attached hydrogens (primary N) is 1. The second-order valence-electron chi connectivity index (χ2n) is 6.09. The van der Waals surface area contributed by atoms with Gasteiger partial charge in [0.1, 0.15) is 15.6 Å². The van der Waals surface area contributed by atoms with Crippen LogP contribution in [0.2, 0.25) is 0 Å². The molecule has 3 rings (SSSR count). The molecule has 0 saturated carbocycles. The molecule has 1 saturated heterocycles. The number of benzene rings is 1. The lowest BCUT2D eigenvalue weighted by molar-refractivity contribution is 0.0992. The Balaban J connectivity index is 1.86. The largest absolute Gasteiger partial charge is 0.366 e. The first-order valence-electron chi connectivity index (χ1n) is 8.29. The molecular formula is C17H18FN3O4S2. The minimum absolute atomic E-state index is 0.0329. The molecule has 2 amide bonds. The average Bonchev–Trinajstić information content (AvgIpc) is 3.14. The van der Waals surface area contributed by atoms with Gasteiger partial charge >= 0.3 is 0 Å². The lowest BCUT2D eigenvalue weighted by atomic mass is 10.2. The van der Waals surface area contributed by atoms with Crippen LogP contribution in [0.1, 0.15) is 39.3 Å². The van der Waals surface area contributed by atoms with E-state index in [9.17, 15) is 22.4 Å². The van der Waals surface area contributed by atoms with Gasteiger partial charge in [0, 0.05) is 18.8 Å². The van der Waals surface area contributed by atoms with Gasteiger partial charge in [0.05, 0.1) is 5.56 Å². The van der Waals surface area contributed by atoms with E-state index in [4.69, 9.17) is 5.73 Å². The highest BCUT2D eigenvalue weighted by atomic mass is 32.2. The standard InChI is InChI=1S/C17H18FN3O4S2/c18-13-5-4-11(10-12(13)16(19)22)20-17(23)15-14(6-9-26-15)27(24,25)21-7-2-1-3-8-21/h4-6,9-10H,1-3,7-8H2,(H2,19,22)(H,20,23). The molecular weight excluding hydrogens is 393 g/mol. The molecule has 1 fully saturated rings. The van der Waals surface area contributed by atoms with Gasteiger partial charge in [0.15, 0.2) is 0 Å². The van der Waals surface area contributed by atoms with Crippen LogP contribution in [0, 0.1) is 5.82 Å². The number of halogens is 1. The van der Waals surface area contributed by atoms with E-state index in [1.54, 1.807) is 0 Å². The van der Waals surface area contributed by atoms with Crippen LogP contribution in [-0.2, 0) is 10.0 Å². The normalized spacial score (nSPS) is 15.4. The maximum Gasteiger partial charge on any atom is 0.267 e. The Labute approximate surface area is 160 Å². The first kappa shape index (κ1) is 19.5. The van der Waals surface area contributed by atoms with Crippen molar-refractivity contribution in [1.29, 1.82) is 0 Å². The smallest absolute Gasteiger partial charge is 0.267 e. The third-order valence-electron chi connectivity index (χ3n) is 4.26. The van der Waals surface area contributed by atoms with Crippen LogP contribution in [0.5, 0.6) is 0 Å². The van der Waals surface area contributed by atoms with Gasteiger partial charge in [0.25, 0.3) is 11.8 Å². The molecule has 0 unspecified atom stereocenters. The van der Waals surface area contributed by atoms with E-state index in [2.05, 4.69) is 5.32 Å². The van der Waals surface area contributed by atoms with Crippen molar-refractivity contribution in [2.45, 2.75) is 24.2 Å². The lowest BCUT2D eigenvalue weighted by Crippen LogP contribution is -2.36. The molecule has 2 heterocycles. The molecule has 3 N–H and O–H groups in total. The van der Waals surface area contributed by atoms with E-state index in [0.29, 0.717) is 13.1 Å². The van der Waals surface area contributed by atoms with Crippen molar-refractivity contribution in [2.75, 3.05) is 18.4 Å². The highest BCUT2D eigenvalue weighted by Gasteiger charge is 2.31. The summed E-state index contributed by atoms with van der Waals surface area (Å²) in [5.41, 5.74) is 4.88. The van der Waals surface area contributed by atoms with Crippen LogP contribution in [0.15, 0.2) is 34.5 Å². The summed E-state index contributed by atoms with van der Waals surface area (Å²) in [6.07, 6.45) is 2.56. The van der Waals surface area contributed by atoms with Gasteiger partial charge < -0.3 is 11.1 Å². The summed E-state index contributed by atoms with van der Waals surface area (Å²) in [6.45, 7) is 0.859. The summed E-state index contributed by atoms with van der Waals surface area (Å²) in [7, 11) is -3.77. The Morgan fingerprint density at radius 2 is 1.85 bits per heavy atom. The summed E-state index contributed by atoms with van der Waals surface area (Å²) < 4.78 is 40.7. The van der Waals surface area contributed by atoms with Crippen LogP contribution in [0.25, 0.3) is 0 Å². The van der Waals surface area contributed by atoms with Crippen LogP contribution < -0.4 is 11.1 Å². The SMILES string of the molecule is NC(=O)c1cc(NC(=O)c2sccc2S(=O)(=O)N2CCCCC2)ccc1F. The number of carbonyl (C=O) groups excluding carboxylic acids is 2. The fourth-order valence-electron chi connectivity index (χ4n) is 2.89. The zero-order valence-electron chi connectivity index (χ0n) is 14.3. The quantitative estimate of drug-likeness (QED) is 0.787. The number of thiophene rings is 1. The highest BCUT2D eigenvalue weighted by Crippen LogP contribution is 2.28. The van der Waals surface area contributed by atoms with Crippen molar-refractivity contribution >= 4 is 38.9 Å². The molecule has 0 bridgehead atoms. The topological polar surface area (TPSA) is 110 Å². The van der Waals surface area contributed by atoms with Crippen molar-refractivity contribution in [3.63, 3.8) is 0 Å². The van der Waals surface area contributed by atoms with E-state index >= 15 is 0 Å². The molecule has 7 nitrogen and oxygen atoms in total. The van der Waals surface area contributed by atoms with Gasteiger partial charge in [-0.05, 0) is 42.5 Å². The number of amides is 2. The van der Waals surface area contributed by atoms with E-state index in [1.165, 1.54) is 21.8 Å². The van der Waals surface area contributed by atoms with Gasteiger partial charge in [-0.1, -0.05) is 6.42 Å². The second-order valence-corrected chi connectivity index (χ2v) is 8.91. The van der Waals surface area contributed by atoms with Crippen LogP contribution in [-0.4, -0.2) is 37.6 Å². The molecule has 0 radical (unpaired) electrons. The highest BCUT2D eigenvalue weighted by molar-refractivity contribution is 7.89. The van der Waals surface area contributed by atoms with Gasteiger partial charge in [-0.2, -0.15) is 4.31 Å². The van der Waals surface area contributed by atoms with Crippen molar-refractivity contribution < 1.29 is 22.4 Å². The zero-order chi connectivity index (χ0) is 19.6. The average molecular weight is 411 g/mol. The number of hydrogen-bond donors (Lipinski definition) is 2. The fraction of sp³-hybridized carbons (Fsp3) is 0.294. The molecule has 2 aromatic rings. The van der Waals surface area contributed by atoms with Crippen LogP contribution in [0.3, 0.4) is 0 Å². The minimum Gasteiger partial charge on any atom is -0.366 e. The molecule has 1 aliphatic heterocycles. The maximum absolute atomic E-state index is 13.6. The Bertz CT molecular complexity index is 982. The number of hydrogen-bond acceptors (Lipinski definition) is 5. The van der Waals surface area contributed by atoms with Crippen molar-refractivity contribution in [3.8, 4) is 0 Å². The number of primary amides is 1. The third-order valence-corrected chi connectivity index (χ3v) is 7.24. The maximum atomic E-state index is 13.6. The predicted molar refractivity (Wildman–Crippen MR) is 99.8 cm³/mol. The van der Waals surface area contributed by atoms with Gasteiger partial charge in [0.2, 0.25) is 10.0 Å². The number of nitrogens with one attached hydrogen (secondary N) is 1. The van der Waals surface area contributed by atoms with Crippen LogP contribution in [0.4, 0.5) is 10.1 Å². The van der Waals surface area contributed by atoms with Crippen molar-refractivity contribution in [1.82, 2.24) is 4.31 Å². The summed E-state index contributed by atoms with van der Waals surface area (Å²) in [4.78, 5) is 23.8. The number of piperidine rings is 1. The Morgan fingerprint density at radius 3 is 2.52 bits per heavy atom. The predicted octanol–water partition coefficient (Wildman–Crippen LogP) is 2.41. The monoisotopic (exact) mass is 411 g/mol. The molecule has 144 valence electrons. The Hall–Kier alpha value is -2.30. The molecule has 0 spiro atoms.